The first-order valence-electron chi connectivity index (χ1n) is 7.05. The van der Waals surface area contributed by atoms with Gasteiger partial charge in [-0.1, -0.05) is 27.7 Å². The molecule has 2 aliphatic rings. The van der Waals surface area contributed by atoms with Crippen LogP contribution < -0.4 is 0 Å². The zero-order chi connectivity index (χ0) is 12.8. The van der Waals surface area contributed by atoms with Crippen LogP contribution in [0.3, 0.4) is 0 Å². The maximum absolute atomic E-state index is 12.8. The minimum atomic E-state index is -2.32. The van der Waals surface area contributed by atoms with E-state index in [1.165, 1.54) is 19.3 Å². The van der Waals surface area contributed by atoms with Crippen molar-refractivity contribution in [2.45, 2.75) is 65.7 Å². The van der Waals surface area contributed by atoms with Gasteiger partial charge >= 0.3 is 0 Å². The van der Waals surface area contributed by atoms with Gasteiger partial charge in [0.2, 0.25) is 0 Å². The van der Waals surface area contributed by atoms with E-state index in [0.717, 1.165) is 18.3 Å². The van der Waals surface area contributed by atoms with E-state index in [2.05, 4.69) is 27.7 Å². The minimum Gasteiger partial charge on any atom is -0.207 e. The molecule has 17 heavy (non-hydrogen) atoms. The molecule has 0 aromatic heterocycles. The van der Waals surface area contributed by atoms with Crippen LogP contribution in [0.2, 0.25) is 0 Å². The molecule has 0 aromatic carbocycles. The van der Waals surface area contributed by atoms with Gasteiger partial charge in [0.25, 0.3) is 5.92 Å². The van der Waals surface area contributed by atoms with Crippen LogP contribution in [0, 0.1) is 29.1 Å². The summed E-state index contributed by atoms with van der Waals surface area (Å²) in [6, 6.07) is 0. The van der Waals surface area contributed by atoms with Gasteiger partial charge in [0, 0.05) is 12.3 Å². The Labute approximate surface area is 104 Å². The minimum absolute atomic E-state index is 0.146. The van der Waals surface area contributed by atoms with Crippen molar-refractivity contribution >= 4 is 0 Å². The largest absolute Gasteiger partial charge is 0.251 e. The van der Waals surface area contributed by atoms with E-state index in [0.29, 0.717) is 11.3 Å². The summed E-state index contributed by atoms with van der Waals surface area (Å²) in [5.74, 6) is -0.419. The first-order valence-corrected chi connectivity index (χ1v) is 7.05. The van der Waals surface area contributed by atoms with Gasteiger partial charge in [-0.3, -0.25) is 0 Å². The number of alkyl halides is 2. The highest BCUT2D eigenvalue weighted by Crippen LogP contribution is 2.54. The molecule has 2 saturated carbocycles. The summed E-state index contributed by atoms with van der Waals surface area (Å²) >= 11 is 0. The summed E-state index contributed by atoms with van der Waals surface area (Å²) < 4.78 is 25.6. The number of hydrogen-bond acceptors (Lipinski definition) is 0. The van der Waals surface area contributed by atoms with Gasteiger partial charge in [0.15, 0.2) is 0 Å². The Morgan fingerprint density at radius 3 is 2.24 bits per heavy atom. The van der Waals surface area contributed by atoms with E-state index in [4.69, 9.17) is 0 Å². The van der Waals surface area contributed by atoms with Gasteiger partial charge < -0.3 is 0 Å². The smallest absolute Gasteiger partial charge is 0.207 e. The molecule has 0 N–H and O–H groups in total. The summed E-state index contributed by atoms with van der Waals surface area (Å²) in [6.45, 7) is 9.02. The molecular weight excluding hydrogens is 218 g/mol. The Morgan fingerprint density at radius 2 is 1.76 bits per heavy atom. The molecule has 100 valence electrons. The lowest BCUT2D eigenvalue weighted by Crippen LogP contribution is -2.07. The molecule has 4 unspecified atom stereocenters. The molecule has 2 aliphatic carbocycles. The highest BCUT2D eigenvalue weighted by Gasteiger charge is 2.56. The van der Waals surface area contributed by atoms with Gasteiger partial charge in [-0.2, -0.15) is 0 Å². The second-order valence-electron chi connectivity index (χ2n) is 7.76. The first-order chi connectivity index (χ1) is 7.67. The molecule has 0 heterocycles. The fourth-order valence-corrected chi connectivity index (χ4v) is 3.26. The van der Waals surface area contributed by atoms with Crippen LogP contribution in [0.25, 0.3) is 0 Å². The molecule has 2 heteroatoms. The van der Waals surface area contributed by atoms with Crippen molar-refractivity contribution in [2.75, 3.05) is 0 Å². The Bertz CT molecular complexity index is 277. The van der Waals surface area contributed by atoms with Gasteiger partial charge in [-0.15, -0.1) is 0 Å². The van der Waals surface area contributed by atoms with Crippen LogP contribution in [-0.4, -0.2) is 5.92 Å². The maximum Gasteiger partial charge on any atom is 0.251 e. The van der Waals surface area contributed by atoms with E-state index in [-0.39, 0.29) is 12.3 Å². The predicted octanol–water partition coefficient (Wildman–Crippen LogP) is 5.13. The first kappa shape index (κ1) is 13.3. The highest BCUT2D eigenvalue weighted by molar-refractivity contribution is 4.97. The van der Waals surface area contributed by atoms with Gasteiger partial charge in [-0.05, 0) is 48.9 Å². The van der Waals surface area contributed by atoms with Crippen molar-refractivity contribution in [3.05, 3.63) is 0 Å². The standard InChI is InChI=1S/C15H26F2/c1-10(6-13-9-15(13,16)17)5-11-7-12(11)8-14(2,3)4/h10-13H,5-9H2,1-4H3. The highest BCUT2D eigenvalue weighted by atomic mass is 19.3. The van der Waals surface area contributed by atoms with E-state index in [1.54, 1.807) is 0 Å². The quantitative estimate of drug-likeness (QED) is 0.629. The summed E-state index contributed by atoms with van der Waals surface area (Å²) in [7, 11) is 0. The molecule has 2 fully saturated rings. The third kappa shape index (κ3) is 3.93. The fourth-order valence-electron chi connectivity index (χ4n) is 3.26. The van der Waals surface area contributed by atoms with Crippen LogP contribution in [-0.2, 0) is 0 Å². The van der Waals surface area contributed by atoms with E-state index in [1.807, 2.05) is 0 Å². The lowest BCUT2D eigenvalue weighted by atomic mass is 9.88. The van der Waals surface area contributed by atoms with E-state index < -0.39 is 5.92 Å². The zero-order valence-corrected chi connectivity index (χ0v) is 11.6. The van der Waals surface area contributed by atoms with Crippen molar-refractivity contribution in [3.63, 3.8) is 0 Å². The van der Waals surface area contributed by atoms with Crippen molar-refractivity contribution in [1.82, 2.24) is 0 Å². The fraction of sp³-hybridized carbons (Fsp3) is 1.00. The molecule has 0 spiro atoms. The van der Waals surface area contributed by atoms with Crippen molar-refractivity contribution < 1.29 is 8.78 Å². The number of hydrogen-bond donors (Lipinski definition) is 0. The summed E-state index contributed by atoms with van der Waals surface area (Å²) in [5.41, 5.74) is 0.423. The average Bonchev–Trinajstić information content (AvgIpc) is 2.91. The maximum atomic E-state index is 12.8. The SMILES string of the molecule is CC(CC1CC1CC(C)(C)C)CC1CC1(F)F. The molecule has 0 bridgehead atoms. The van der Waals surface area contributed by atoms with Crippen LogP contribution in [0.5, 0.6) is 0 Å². The third-order valence-corrected chi connectivity index (χ3v) is 4.29. The third-order valence-electron chi connectivity index (χ3n) is 4.29. The van der Waals surface area contributed by atoms with Crippen LogP contribution in [0.15, 0.2) is 0 Å². The Morgan fingerprint density at radius 1 is 1.18 bits per heavy atom. The molecule has 0 saturated heterocycles. The monoisotopic (exact) mass is 244 g/mol. The van der Waals surface area contributed by atoms with Crippen LogP contribution >= 0.6 is 0 Å². The second kappa shape index (κ2) is 4.20. The lowest BCUT2D eigenvalue weighted by molar-refractivity contribution is 0.0928. The van der Waals surface area contributed by atoms with Gasteiger partial charge in [-0.25, -0.2) is 8.78 Å². The van der Waals surface area contributed by atoms with Crippen LogP contribution in [0.1, 0.15) is 59.8 Å². The second-order valence-corrected chi connectivity index (χ2v) is 7.76. The molecule has 0 amide bonds. The zero-order valence-electron chi connectivity index (χ0n) is 11.6. The van der Waals surface area contributed by atoms with Gasteiger partial charge in [0.05, 0.1) is 0 Å². The summed E-state index contributed by atoms with van der Waals surface area (Å²) in [4.78, 5) is 0. The molecule has 0 aliphatic heterocycles. The molecular formula is C15H26F2. The summed E-state index contributed by atoms with van der Waals surface area (Å²) in [5, 5.41) is 0. The van der Waals surface area contributed by atoms with E-state index in [9.17, 15) is 8.78 Å². The number of rotatable bonds is 5. The summed E-state index contributed by atoms with van der Waals surface area (Å²) in [6.07, 6.45) is 4.69. The Kier molecular flexibility index (Phi) is 3.29. The van der Waals surface area contributed by atoms with Gasteiger partial charge in [0.1, 0.15) is 0 Å². The average molecular weight is 244 g/mol. The number of halogens is 2. The normalized spacial score (nSPS) is 36.7. The molecule has 0 aromatic rings. The predicted molar refractivity (Wildman–Crippen MR) is 67.1 cm³/mol. The van der Waals surface area contributed by atoms with Crippen molar-refractivity contribution in [3.8, 4) is 0 Å². The lowest BCUT2D eigenvalue weighted by Gasteiger charge is -2.18. The topological polar surface area (TPSA) is 0 Å². The Hall–Kier alpha value is -0.140. The molecule has 0 radical (unpaired) electrons. The molecule has 0 nitrogen and oxygen atoms in total. The van der Waals surface area contributed by atoms with Crippen LogP contribution in [0.4, 0.5) is 8.78 Å². The molecule has 4 atom stereocenters. The van der Waals surface area contributed by atoms with Crippen molar-refractivity contribution in [1.29, 1.82) is 0 Å². The Balaban J connectivity index is 1.63. The van der Waals surface area contributed by atoms with E-state index >= 15 is 0 Å². The molecule has 2 rings (SSSR count). The van der Waals surface area contributed by atoms with Crippen molar-refractivity contribution in [2.24, 2.45) is 29.1 Å².